The molecule has 0 bridgehead atoms. The van der Waals surface area contributed by atoms with Gasteiger partial charge in [-0.3, -0.25) is 9.50 Å². The number of nitrogens with one attached hydrogen (secondary N) is 1. The lowest BCUT2D eigenvalue weighted by Gasteiger charge is -2.27. The molecular weight excluding hydrogens is 202 g/mol. The zero-order valence-corrected chi connectivity index (χ0v) is 9.22. The van der Waals surface area contributed by atoms with Crippen molar-refractivity contribution in [2.75, 3.05) is 12.8 Å². The molecule has 5 heteroatoms. The first-order chi connectivity index (χ1) is 6.56. The highest BCUT2D eigenvalue weighted by Crippen LogP contribution is 2.36. The Balaban J connectivity index is 2.01. The average molecular weight is 219 g/mol. The van der Waals surface area contributed by atoms with E-state index in [0.717, 1.165) is 19.2 Å². The summed E-state index contributed by atoms with van der Waals surface area (Å²) >= 11 is 0. The number of hydrogen-bond donors (Lipinski definition) is 1. The maximum absolute atomic E-state index is 11.0. The second-order valence-corrected chi connectivity index (χ2v) is 5.94. The largest absolute Gasteiger partial charge is 0.290 e. The summed E-state index contributed by atoms with van der Waals surface area (Å²) in [7, 11) is -3.32. The summed E-state index contributed by atoms with van der Waals surface area (Å²) in [6.07, 6.45) is 5.63. The van der Waals surface area contributed by atoms with Crippen molar-refractivity contribution in [2.45, 2.75) is 31.9 Å². The molecule has 0 aromatic rings. The van der Waals surface area contributed by atoms with Crippen molar-refractivity contribution >= 4 is 10.1 Å². The van der Waals surface area contributed by atoms with Crippen molar-refractivity contribution in [3.05, 3.63) is 0 Å². The summed E-state index contributed by atoms with van der Waals surface area (Å²) in [5.74, 6) is 1.02. The Labute approximate surface area is 85.1 Å². The number of rotatable bonds is 2. The van der Waals surface area contributed by atoms with E-state index in [1.807, 2.05) is 0 Å². The molecule has 1 saturated carbocycles. The fourth-order valence-corrected chi connectivity index (χ4v) is 3.19. The Kier molecular flexibility index (Phi) is 2.81. The van der Waals surface area contributed by atoms with Gasteiger partial charge < -0.3 is 0 Å². The first kappa shape index (κ1) is 10.4. The molecular formula is C9H17NO3S. The predicted molar refractivity (Wildman–Crippen MR) is 53.2 cm³/mol. The van der Waals surface area contributed by atoms with Crippen molar-refractivity contribution in [3.63, 3.8) is 0 Å². The Bertz CT molecular complexity index is 301. The average Bonchev–Trinajstić information content (AvgIpc) is 2.47. The van der Waals surface area contributed by atoms with Gasteiger partial charge >= 0.3 is 0 Å². The van der Waals surface area contributed by atoms with Gasteiger partial charge in [-0.1, -0.05) is 12.8 Å². The summed E-state index contributed by atoms with van der Waals surface area (Å²) in [5, 5.41) is 3.15. The van der Waals surface area contributed by atoms with Gasteiger partial charge in [0.15, 0.2) is 0 Å². The van der Waals surface area contributed by atoms with E-state index in [1.54, 1.807) is 0 Å². The summed E-state index contributed by atoms with van der Waals surface area (Å²) < 4.78 is 27.0. The van der Waals surface area contributed by atoms with Crippen LogP contribution in [0.25, 0.3) is 0 Å². The quantitative estimate of drug-likeness (QED) is 0.695. The Morgan fingerprint density at radius 3 is 2.71 bits per heavy atom. The predicted octanol–water partition coefficient (Wildman–Crippen LogP) is 0.698. The van der Waals surface area contributed by atoms with Crippen LogP contribution in [0.5, 0.6) is 0 Å². The SMILES string of the molecule is CS(=O)(=O)OC1NCC2CCCCC21. The second-order valence-electron chi connectivity index (χ2n) is 4.34. The maximum atomic E-state index is 11.0. The van der Waals surface area contributed by atoms with Gasteiger partial charge in [0.2, 0.25) is 0 Å². The van der Waals surface area contributed by atoms with Gasteiger partial charge in [0.25, 0.3) is 10.1 Å². The molecule has 1 heterocycles. The standard InChI is InChI=1S/C9H17NO3S/c1-14(11,12)13-9-8-5-3-2-4-7(8)6-10-9/h7-10H,2-6H2,1H3. The van der Waals surface area contributed by atoms with Crippen LogP contribution in [0.4, 0.5) is 0 Å². The second kappa shape index (κ2) is 3.79. The van der Waals surface area contributed by atoms with Gasteiger partial charge in [-0.15, -0.1) is 0 Å². The molecule has 3 atom stereocenters. The van der Waals surface area contributed by atoms with E-state index in [4.69, 9.17) is 4.18 Å². The smallest absolute Gasteiger partial charge is 0.265 e. The zero-order chi connectivity index (χ0) is 10.2. The molecule has 1 saturated heterocycles. The molecule has 3 unspecified atom stereocenters. The lowest BCUT2D eigenvalue weighted by Crippen LogP contribution is -2.33. The van der Waals surface area contributed by atoms with Gasteiger partial charge in [-0.05, 0) is 18.8 Å². The summed E-state index contributed by atoms with van der Waals surface area (Å²) in [6.45, 7) is 0.908. The lowest BCUT2D eigenvalue weighted by molar-refractivity contribution is 0.112. The van der Waals surface area contributed by atoms with E-state index in [-0.39, 0.29) is 6.23 Å². The molecule has 1 N–H and O–H groups in total. The van der Waals surface area contributed by atoms with Crippen LogP contribution in [0.2, 0.25) is 0 Å². The minimum Gasteiger partial charge on any atom is -0.290 e. The first-order valence-electron chi connectivity index (χ1n) is 5.18. The monoisotopic (exact) mass is 219 g/mol. The third-order valence-corrected chi connectivity index (χ3v) is 3.77. The van der Waals surface area contributed by atoms with E-state index in [0.29, 0.717) is 11.8 Å². The molecule has 4 nitrogen and oxygen atoms in total. The van der Waals surface area contributed by atoms with Crippen LogP contribution in [-0.2, 0) is 14.3 Å². The minimum absolute atomic E-state index is 0.268. The van der Waals surface area contributed by atoms with Crippen molar-refractivity contribution < 1.29 is 12.6 Å². The fourth-order valence-electron chi connectivity index (χ4n) is 2.60. The summed E-state index contributed by atoms with van der Waals surface area (Å²) in [4.78, 5) is 0. The molecule has 0 aromatic heterocycles. The van der Waals surface area contributed by atoms with Crippen molar-refractivity contribution in [2.24, 2.45) is 11.8 Å². The highest BCUT2D eigenvalue weighted by atomic mass is 32.2. The normalized spacial score (nSPS) is 38.2. The van der Waals surface area contributed by atoms with Crippen molar-refractivity contribution in [1.29, 1.82) is 0 Å². The highest BCUT2D eigenvalue weighted by Gasteiger charge is 2.39. The highest BCUT2D eigenvalue weighted by molar-refractivity contribution is 7.86. The van der Waals surface area contributed by atoms with Crippen molar-refractivity contribution in [3.8, 4) is 0 Å². The van der Waals surface area contributed by atoms with E-state index < -0.39 is 10.1 Å². The summed E-state index contributed by atoms with van der Waals surface area (Å²) in [6, 6.07) is 0. The van der Waals surface area contributed by atoms with E-state index >= 15 is 0 Å². The van der Waals surface area contributed by atoms with Gasteiger partial charge in [0.05, 0.1) is 6.26 Å². The Morgan fingerprint density at radius 1 is 1.29 bits per heavy atom. The zero-order valence-electron chi connectivity index (χ0n) is 8.40. The molecule has 2 aliphatic rings. The molecule has 14 heavy (non-hydrogen) atoms. The third kappa shape index (κ3) is 2.27. The lowest BCUT2D eigenvalue weighted by atomic mass is 9.81. The third-order valence-electron chi connectivity index (χ3n) is 3.22. The van der Waals surface area contributed by atoms with Crippen LogP contribution in [0.3, 0.4) is 0 Å². The van der Waals surface area contributed by atoms with E-state index in [9.17, 15) is 8.42 Å². The molecule has 1 aliphatic heterocycles. The van der Waals surface area contributed by atoms with Crippen LogP contribution in [-0.4, -0.2) is 27.4 Å². The fraction of sp³-hybridized carbons (Fsp3) is 1.00. The van der Waals surface area contributed by atoms with E-state index in [2.05, 4.69) is 5.32 Å². The molecule has 2 rings (SSSR count). The minimum atomic E-state index is -3.32. The number of fused-ring (bicyclic) bond motifs is 1. The molecule has 0 amide bonds. The van der Waals surface area contributed by atoms with Gasteiger partial charge in [-0.2, -0.15) is 8.42 Å². The van der Waals surface area contributed by atoms with E-state index in [1.165, 1.54) is 19.3 Å². The van der Waals surface area contributed by atoms with Crippen LogP contribution in [0.1, 0.15) is 25.7 Å². The summed E-state index contributed by atoms with van der Waals surface area (Å²) in [5.41, 5.74) is 0. The van der Waals surface area contributed by atoms with Gasteiger partial charge in [0, 0.05) is 12.5 Å². The Hall–Kier alpha value is -0.130. The number of hydrogen-bond acceptors (Lipinski definition) is 4. The maximum Gasteiger partial charge on any atom is 0.265 e. The molecule has 0 radical (unpaired) electrons. The van der Waals surface area contributed by atoms with Crippen molar-refractivity contribution in [1.82, 2.24) is 5.32 Å². The van der Waals surface area contributed by atoms with Crippen LogP contribution >= 0.6 is 0 Å². The first-order valence-corrected chi connectivity index (χ1v) is 6.99. The van der Waals surface area contributed by atoms with Crippen LogP contribution in [0.15, 0.2) is 0 Å². The topological polar surface area (TPSA) is 55.4 Å². The molecule has 1 aliphatic carbocycles. The molecule has 2 fully saturated rings. The van der Waals surface area contributed by atoms with Crippen LogP contribution in [0, 0.1) is 11.8 Å². The van der Waals surface area contributed by atoms with Crippen LogP contribution < -0.4 is 5.32 Å². The molecule has 0 aromatic carbocycles. The Morgan fingerprint density at radius 2 is 2.00 bits per heavy atom. The van der Waals surface area contributed by atoms with Gasteiger partial charge in [0.1, 0.15) is 6.23 Å². The molecule has 0 spiro atoms. The van der Waals surface area contributed by atoms with Gasteiger partial charge in [-0.25, -0.2) is 0 Å². The molecule has 82 valence electrons.